The monoisotopic (exact) mass is 85.1 g/mol. The van der Waals surface area contributed by atoms with Gasteiger partial charge in [0.25, 0.3) is 0 Å². The van der Waals surface area contributed by atoms with Crippen molar-refractivity contribution in [3.05, 3.63) is 0 Å². The van der Waals surface area contributed by atoms with Gasteiger partial charge in [-0.15, -0.1) is 0 Å². The Morgan fingerprint density at radius 1 is 1.83 bits per heavy atom. The van der Waals surface area contributed by atoms with Gasteiger partial charge in [0.1, 0.15) is 0 Å². The lowest BCUT2D eigenvalue weighted by molar-refractivity contribution is -0.446. The van der Waals surface area contributed by atoms with E-state index in [9.17, 15) is 0 Å². The van der Waals surface area contributed by atoms with Crippen LogP contribution in [0.15, 0.2) is 0 Å². The highest BCUT2D eigenvalue weighted by atomic mass is 15.3. The molecule has 32 valence electrons. The van der Waals surface area contributed by atoms with Crippen LogP contribution in [0.5, 0.6) is 0 Å². The first-order valence-electron chi connectivity index (χ1n) is 1.30. The third kappa shape index (κ3) is 1.12. The lowest BCUT2D eigenvalue weighted by Gasteiger charge is -1.72. The van der Waals surface area contributed by atoms with Crippen LogP contribution in [-0.4, -0.2) is 11.0 Å². The second-order valence-electron chi connectivity index (χ2n) is 0.656. The van der Waals surface area contributed by atoms with Crippen molar-refractivity contribution in [2.24, 2.45) is 11.6 Å². The van der Waals surface area contributed by atoms with Gasteiger partial charge in [-0.25, -0.2) is 0 Å². The van der Waals surface area contributed by atoms with Gasteiger partial charge in [-0.3, -0.25) is 5.84 Å². The lowest BCUT2D eigenvalue weighted by atomic mass is 11.2. The van der Waals surface area contributed by atoms with E-state index >= 15 is 0 Å². The molecule has 0 saturated carbocycles. The zero-order valence-electron chi connectivity index (χ0n) is 3.13. The zero-order chi connectivity index (χ0) is 4.99. The first-order valence-corrected chi connectivity index (χ1v) is 1.30. The number of nitriles is 1. The third-order valence-electron chi connectivity index (χ3n) is 0.276. The predicted molar refractivity (Wildman–Crippen MR) is 20.3 cm³/mol. The minimum Gasteiger partial charge on any atom is -0.323 e. The lowest BCUT2D eigenvalue weighted by Crippen LogP contribution is -2.18. The summed E-state index contributed by atoms with van der Waals surface area (Å²) >= 11 is 0. The molecule has 0 aromatic heterocycles. The van der Waals surface area contributed by atoms with Crippen molar-refractivity contribution in [3.63, 3.8) is 0 Å². The van der Waals surface area contributed by atoms with E-state index in [4.69, 9.17) is 16.8 Å². The molecule has 0 heterocycles. The molecule has 0 spiro atoms. The van der Waals surface area contributed by atoms with E-state index in [0.717, 1.165) is 6.34 Å². The first kappa shape index (κ1) is 4.76. The van der Waals surface area contributed by atoms with Gasteiger partial charge >= 0.3 is 6.19 Å². The molecule has 0 radical (unpaired) electrons. The summed E-state index contributed by atoms with van der Waals surface area (Å²) in [5.41, 5.74) is 4.74. The summed E-state index contributed by atoms with van der Waals surface area (Å²) in [7, 11) is 0. The fraction of sp³-hybridized carbons (Fsp3) is 0. The molecule has 0 amide bonds. The smallest absolute Gasteiger partial charge is 0.323 e. The minimum atomic E-state index is 0.708. The van der Waals surface area contributed by atoms with Crippen molar-refractivity contribution in [2.75, 3.05) is 0 Å². The molecule has 4 N–H and O–H groups in total. The van der Waals surface area contributed by atoms with Crippen molar-refractivity contribution in [1.29, 1.82) is 5.26 Å². The van der Waals surface area contributed by atoms with Crippen LogP contribution in [0.25, 0.3) is 0 Å². The second-order valence-corrected chi connectivity index (χ2v) is 0.656. The van der Waals surface area contributed by atoms with Crippen molar-refractivity contribution in [3.8, 4) is 6.19 Å². The summed E-state index contributed by atoms with van der Waals surface area (Å²) in [5.74, 6) is 4.76. The molecule has 0 unspecified atom stereocenters. The van der Waals surface area contributed by atoms with Crippen LogP contribution in [0.2, 0.25) is 0 Å². The number of hydrazone groups is 1. The maximum atomic E-state index is 7.77. The minimum absolute atomic E-state index is 0.708. The van der Waals surface area contributed by atoms with E-state index in [0.29, 0.717) is 4.68 Å². The average molecular weight is 85.1 g/mol. The zero-order valence-corrected chi connectivity index (χ0v) is 3.13. The van der Waals surface area contributed by atoms with Gasteiger partial charge in [-0.2, -0.15) is 0 Å². The Hall–Kier alpha value is -1.24. The molecular weight excluding hydrogens is 80.0 g/mol. The number of hydrogen-bond acceptors (Lipinski definition) is 2. The highest BCUT2D eigenvalue weighted by Crippen LogP contribution is 1.37. The van der Waals surface area contributed by atoms with E-state index in [1.807, 2.05) is 0 Å². The average Bonchev–Trinajstić information content (AvgIpc) is 1.65. The SMILES string of the molecule is N#C[N+](N)=CN. The number of rotatable bonds is 0. The van der Waals surface area contributed by atoms with Gasteiger partial charge in [-0.05, 0) is 0 Å². The maximum Gasteiger partial charge on any atom is 0.393 e. The van der Waals surface area contributed by atoms with Crippen LogP contribution in [0.4, 0.5) is 0 Å². The highest BCUT2D eigenvalue weighted by molar-refractivity contribution is 5.44. The topological polar surface area (TPSA) is 78.8 Å². The van der Waals surface area contributed by atoms with E-state index in [1.54, 1.807) is 6.19 Å². The summed E-state index contributed by atoms with van der Waals surface area (Å²) < 4.78 is 0.708. The molecule has 0 saturated heterocycles. The quantitative estimate of drug-likeness (QED) is 0.0702. The Morgan fingerprint density at radius 3 is 2.33 bits per heavy atom. The molecule has 0 bridgehead atoms. The molecule has 0 fully saturated rings. The summed E-state index contributed by atoms with van der Waals surface area (Å²) in [6.45, 7) is 0. The first-order chi connectivity index (χ1) is 2.81. The van der Waals surface area contributed by atoms with Crippen LogP contribution in [0.3, 0.4) is 0 Å². The molecule has 0 aromatic rings. The fourth-order valence-electron chi connectivity index (χ4n) is 0.0333. The maximum absolute atomic E-state index is 7.77. The number of hydrogen-bond donors (Lipinski definition) is 2. The van der Waals surface area contributed by atoms with Crippen LogP contribution < -0.4 is 11.6 Å². The standard InChI is InChI=1S/C2H4N4/c3-1-6(5)2-4/h1,3H,5H2/p+1. The van der Waals surface area contributed by atoms with Crippen LogP contribution in [0, 0.1) is 11.5 Å². The Kier molecular flexibility index (Phi) is 1.61. The van der Waals surface area contributed by atoms with Gasteiger partial charge in [-0.1, -0.05) is 4.68 Å². The predicted octanol–water partition coefficient (Wildman–Crippen LogP) is -1.66. The summed E-state index contributed by atoms with van der Waals surface area (Å²) in [5, 5.41) is 7.77. The van der Waals surface area contributed by atoms with Crippen LogP contribution >= 0.6 is 0 Å². The summed E-state index contributed by atoms with van der Waals surface area (Å²) in [6.07, 6.45) is 2.52. The number of nitrogens with zero attached hydrogens (tertiary/aromatic N) is 2. The van der Waals surface area contributed by atoms with Crippen molar-refractivity contribution in [2.45, 2.75) is 0 Å². The Balaban J connectivity index is 3.61. The van der Waals surface area contributed by atoms with Crippen molar-refractivity contribution in [1.82, 2.24) is 0 Å². The normalized spacial score (nSPS) is 10.2. The second kappa shape index (κ2) is 2.03. The van der Waals surface area contributed by atoms with Crippen LogP contribution in [0.1, 0.15) is 0 Å². The molecule has 0 aliphatic carbocycles. The molecule has 0 rings (SSSR count). The van der Waals surface area contributed by atoms with E-state index < -0.39 is 0 Å². The molecule has 0 aromatic carbocycles. The molecule has 0 aliphatic rings. The van der Waals surface area contributed by atoms with Gasteiger partial charge in [0.15, 0.2) is 0 Å². The van der Waals surface area contributed by atoms with Gasteiger partial charge < -0.3 is 5.73 Å². The molecule has 4 nitrogen and oxygen atoms in total. The highest BCUT2D eigenvalue weighted by Gasteiger charge is 1.75. The van der Waals surface area contributed by atoms with Gasteiger partial charge in [0.2, 0.25) is 6.34 Å². The van der Waals surface area contributed by atoms with Crippen molar-refractivity contribution < 1.29 is 4.68 Å². The summed E-state index contributed by atoms with van der Waals surface area (Å²) in [4.78, 5) is 0. The largest absolute Gasteiger partial charge is 0.393 e. The molecule has 0 atom stereocenters. The number of hydrazine groups is 1. The Labute approximate surface area is 35.3 Å². The molecule has 6 heavy (non-hydrogen) atoms. The van der Waals surface area contributed by atoms with E-state index in [2.05, 4.69) is 0 Å². The van der Waals surface area contributed by atoms with Crippen molar-refractivity contribution >= 4 is 6.34 Å². The third-order valence-corrected chi connectivity index (χ3v) is 0.276. The van der Waals surface area contributed by atoms with Crippen LogP contribution in [-0.2, 0) is 0 Å². The van der Waals surface area contributed by atoms with Gasteiger partial charge in [0, 0.05) is 5.26 Å². The van der Waals surface area contributed by atoms with E-state index in [-0.39, 0.29) is 0 Å². The Morgan fingerprint density at radius 2 is 2.33 bits per heavy atom. The molecule has 4 heteroatoms. The molecular formula is C2H5N4+. The Bertz CT molecular complexity index is 96.6. The fourth-order valence-corrected chi connectivity index (χ4v) is 0.0333. The van der Waals surface area contributed by atoms with E-state index in [1.165, 1.54) is 0 Å². The molecule has 0 aliphatic heterocycles. The summed E-state index contributed by atoms with van der Waals surface area (Å²) in [6, 6.07) is 0. The van der Waals surface area contributed by atoms with Gasteiger partial charge in [0.05, 0.1) is 0 Å². The number of nitrogens with two attached hydrogens (primary N) is 2.